The fourth-order valence-electron chi connectivity index (χ4n) is 3.72. The lowest BCUT2D eigenvalue weighted by Gasteiger charge is -2.18. The highest BCUT2D eigenvalue weighted by atomic mass is 32.2. The number of nitrogen functional groups attached to an aromatic ring is 1. The molecule has 4 rings (SSSR count). The van der Waals surface area contributed by atoms with Gasteiger partial charge in [-0.1, -0.05) is 18.0 Å². The third-order valence-electron chi connectivity index (χ3n) is 5.96. The maximum Gasteiger partial charge on any atom is 0.258 e. The Kier molecular flexibility index (Phi) is 7.51. The third kappa shape index (κ3) is 5.71. The number of halogens is 2. The summed E-state index contributed by atoms with van der Waals surface area (Å²) >= 11 is 1.56. The molecule has 1 fully saturated rings. The molecule has 1 aromatic heterocycles. The Morgan fingerprint density at radius 1 is 1.26 bits per heavy atom. The van der Waals surface area contributed by atoms with Gasteiger partial charge in [0.25, 0.3) is 5.91 Å². The van der Waals surface area contributed by atoms with Gasteiger partial charge in [0, 0.05) is 17.8 Å². The number of nitrogens with zero attached hydrogens (tertiary/aromatic N) is 3. The summed E-state index contributed by atoms with van der Waals surface area (Å²) in [7, 11) is 1.92. The molecule has 7 nitrogen and oxygen atoms in total. The Labute approximate surface area is 207 Å². The lowest BCUT2D eigenvalue weighted by Crippen LogP contribution is -2.18. The summed E-state index contributed by atoms with van der Waals surface area (Å²) in [5.74, 6) is -1.15. The molecule has 1 aliphatic carbocycles. The molecule has 184 valence electrons. The molecular formula is C25H27F2N5O2S. The van der Waals surface area contributed by atoms with Gasteiger partial charge in [-0.3, -0.25) is 9.10 Å². The van der Waals surface area contributed by atoms with E-state index < -0.39 is 17.5 Å². The minimum Gasteiger partial charge on any atom is -0.486 e. The van der Waals surface area contributed by atoms with Crippen molar-refractivity contribution in [2.24, 2.45) is 0 Å². The summed E-state index contributed by atoms with van der Waals surface area (Å²) in [4.78, 5) is 21.1. The molecule has 10 heteroatoms. The van der Waals surface area contributed by atoms with Crippen molar-refractivity contribution in [2.75, 3.05) is 37.5 Å². The number of amides is 1. The summed E-state index contributed by atoms with van der Waals surface area (Å²) in [5.41, 5.74) is 8.24. The molecule has 3 aromatic rings. The van der Waals surface area contributed by atoms with Crippen molar-refractivity contribution in [1.29, 1.82) is 0 Å². The van der Waals surface area contributed by atoms with Crippen LogP contribution in [0.25, 0.3) is 11.3 Å². The molecule has 2 aromatic carbocycles. The summed E-state index contributed by atoms with van der Waals surface area (Å²) < 4.78 is 37.1. The molecule has 0 unspecified atom stereocenters. The number of benzene rings is 2. The molecule has 1 saturated carbocycles. The number of aromatic nitrogens is 2. The number of carbonyl (C=O) groups excluding carboxylic acids is 1. The van der Waals surface area contributed by atoms with Crippen molar-refractivity contribution in [3.8, 4) is 17.0 Å². The minimum atomic E-state index is -0.664. The lowest BCUT2D eigenvalue weighted by atomic mass is 10.0. The van der Waals surface area contributed by atoms with Crippen molar-refractivity contribution in [1.82, 2.24) is 14.3 Å². The van der Waals surface area contributed by atoms with Gasteiger partial charge in [-0.05, 0) is 74.4 Å². The van der Waals surface area contributed by atoms with E-state index in [0.717, 1.165) is 18.4 Å². The Balaban J connectivity index is 1.62. The summed E-state index contributed by atoms with van der Waals surface area (Å²) in [6.45, 7) is 2.64. The molecule has 1 amide bonds. The van der Waals surface area contributed by atoms with Crippen LogP contribution in [0.5, 0.6) is 5.75 Å². The fourth-order valence-corrected chi connectivity index (χ4v) is 3.98. The average Bonchev–Trinajstić information content (AvgIpc) is 3.67. The fraction of sp³-hybridized carbons (Fsp3) is 0.320. The molecule has 1 aliphatic rings. The Hall–Kier alpha value is -3.24. The zero-order valence-electron chi connectivity index (χ0n) is 19.8. The molecule has 3 N–H and O–H groups in total. The molecule has 1 heterocycles. The average molecular weight is 500 g/mol. The molecule has 0 radical (unpaired) electrons. The van der Waals surface area contributed by atoms with E-state index in [4.69, 9.17) is 10.5 Å². The van der Waals surface area contributed by atoms with Gasteiger partial charge in [0.15, 0.2) is 11.6 Å². The van der Waals surface area contributed by atoms with E-state index in [1.165, 1.54) is 30.6 Å². The first kappa shape index (κ1) is 24.9. The van der Waals surface area contributed by atoms with E-state index in [-0.39, 0.29) is 22.8 Å². The number of nitrogens with two attached hydrogens (primary N) is 1. The van der Waals surface area contributed by atoms with Gasteiger partial charge in [0.05, 0.1) is 5.56 Å². The maximum absolute atomic E-state index is 14.7. The summed E-state index contributed by atoms with van der Waals surface area (Å²) in [6, 6.07) is 7.11. The Morgan fingerprint density at radius 3 is 2.71 bits per heavy atom. The van der Waals surface area contributed by atoms with Crippen molar-refractivity contribution >= 4 is 29.4 Å². The Morgan fingerprint density at radius 2 is 2.03 bits per heavy atom. The van der Waals surface area contributed by atoms with Crippen molar-refractivity contribution in [2.45, 2.75) is 25.7 Å². The van der Waals surface area contributed by atoms with Crippen molar-refractivity contribution in [3.05, 3.63) is 65.0 Å². The molecular weight excluding hydrogens is 472 g/mol. The molecule has 0 aliphatic heterocycles. The first-order valence-electron chi connectivity index (χ1n) is 11.2. The highest BCUT2D eigenvalue weighted by Gasteiger charge is 2.25. The Bertz CT molecular complexity index is 1250. The predicted octanol–water partition coefficient (Wildman–Crippen LogP) is 5.03. The van der Waals surface area contributed by atoms with E-state index in [1.54, 1.807) is 24.9 Å². The van der Waals surface area contributed by atoms with E-state index >= 15 is 0 Å². The van der Waals surface area contributed by atoms with E-state index in [0.29, 0.717) is 35.9 Å². The SMILES string of the molecule is CSN(C)CCOc1c(N)ncnc1-c1cc(F)cc(NC(=O)c2ccc(C3CC3)cc2F)c1C. The highest BCUT2D eigenvalue weighted by molar-refractivity contribution is 7.96. The topological polar surface area (TPSA) is 93.4 Å². The minimum absolute atomic E-state index is 0.104. The molecule has 0 atom stereocenters. The second-order valence-corrected chi connectivity index (χ2v) is 9.40. The molecule has 35 heavy (non-hydrogen) atoms. The second kappa shape index (κ2) is 10.6. The van der Waals surface area contributed by atoms with Crippen LogP contribution in [0.3, 0.4) is 0 Å². The quantitative estimate of drug-likeness (QED) is 0.399. The van der Waals surface area contributed by atoms with Crippen molar-refractivity contribution < 1.29 is 18.3 Å². The van der Waals surface area contributed by atoms with Crippen LogP contribution in [0.1, 0.15) is 40.2 Å². The lowest BCUT2D eigenvalue weighted by molar-refractivity contribution is 0.102. The number of likely N-dealkylation sites (N-methyl/N-ethyl adjacent to an activating group) is 1. The van der Waals surface area contributed by atoms with Crippen LogP contribution in [0, 0.1) is 18.6 Å². The predicted molar refractivity (Wildman–Crippen MR) is 135 cm³/mol. The summed E-state index contributed by atoms with van der Waals surface area (Å²) in [6.07, 6.45) is 5.28. The van der Waals surface area contributed by atoms with Gasteiger partial charge in [0.1, 0.15) is 30.3 Å². The highest BCUT2D eigenvalue weighted by Crippen LogP contribution is 2.40. The molecule has 0 saturated heterocycles. The van der Waals surface area contributed by atoms with Crippen LogP contribution in [-0.4, -0.2) is 46.6 Å². The number of anilines is 2. The summed E-state index contributed by atoms with van der Waals surface area (Å²) in [5, 5.41) is 2.64. The van der Waals surface area contributed by atoms with Crippen LogP contribution < -0.4 is 15.8 Å². The van der Waals surface area contributed by atoms with Gasteiger partial charge >= 0.3 is 0 Å². The standard InChI is InChI=1S/C25H27F2N5O2S/c1-14-19(22-23(24(28)30-13-29-22)34-9-8-32(2)35-3)11-17(26)12-21(14)31-25(33)18-7-6-16(10-20(18)27)15-4-5-15/h6-7,10-13,15H,4-5,8-9H2,1-3H3,(H,31,33)(H2,28,29,30). The second-order valence-electron chi connectivity index (χ2n) is 8.41. The largest absolute Gasteiger partial charge is 0.486 e. The van der Waals surface area contributed by atoms with Gasteiger partial charge < -0.3 is 15.8 Å². The van der Waals surface area contributed by atoms with Gasteiger partial charge in [-0.15, -0.1) is 0 Å². The van der Waals surface area contributed by atoms with Crippen LogP contribution in [0.2, 0.25) is 0 Å². The van der Waals surface area contributed by atoms with Crippen LogP contribution in [0.4, 0.5) is 20.3 Å². The van der Waals surface area contributed by atoms with E-state index in [1.807, 2.05) is 17.6 Å². The maximum atomic E-state index is 14.7. The van der Waals surface area contributed by atoms with E-state index in [2.05, 4.69) is 15.3 Å². The number of hydrogen-bond acceptors (Lipinski definition) is 7. The van der Waals surface area contributed by atoms with Crippen molar-refractivity contribution in [3.63, 3.8) is 0 Å². The first-order chi connectivity index (χ1) is 16.8. The molecule has 0 bridgehead atoms. The van der Waals surface area contributed by atoms with Gasteiger partial charge in [0.2, 0.25) is 0 Å². The van der Waals surface area contributed by atoms with Gasteiger partial charge in [-0.2, -0.15) is 0 Å². The van der Waals surface area contributed by atoms with Gasteiger partial charge in [-0.25, -0.2) is 18.7 Å². The van der Waals surface area contributed by atoms with E-state index in [9.17, 15) is 13.6 Å². The zero-order valence-corrected chi connectivity index (χ0v) is 20.6. The smallest absolute Gasteiger partial charge is 0.258 e. The number of carbonyl (C=O) groups is 1. The zero-order chi connectivity index (χ0) is 25.1. The number of ether oxygens (including phenoxy) is 1. The number of nitrogens with one attached hydrogen (secondary N) is 1. The monoisotopic (exact) mass is 499 g/mol. The first-order valence-corrected chi connectivity index (χ1v) is 12.4. The third-order valence-corrected chi connectivity index (χ3v) is 6.76. The number of rotatable bonds is 9. The molecule has 0 spiro atoms. The number of hydrogen-bond donors (Lipinski definition) is 2. The van der Waals surface area contributed by atoms with Crippen LogP contribution in [-0.2, 0) is 0 Å². The normalized spacial score (nSPS) is 13.2. The van der Waals surface area contributed by atoms with Crippen LogP contribution >= 0.6 is 11.9 Å². The van der Waals surface area contributed by atoms with Crippen LogP contribution in [0.15, 0.2) is 36.7 Å².